The van der Waals surface area contributed by atoms with Crippen molar-refractivity contribution in [3.05, 3.63) is 0 Å². The summed E-state index contributed by atoms with van der Waals surface area (Å²) in [5, 5.41) is -3.21. The molecule has 0 aliphatic heterocycles. The fourth-order valence-electron chi connectivity index (χ4n) is 0.505. The zero-order chi connectivity index (χ0) is 13.4. The minimum absolute atomic E-state index is 0.203. The van der Waals surface area contributed by atoms with Crippen LogP contribution in [0.3, 0.4) is 0 Å². The summed E-state index contributed by atoms with van der Waals surface area (Å²) in [7, 11) is -15.7. The van der Waals surface area contributed by atoms with Crippen LogP contribution in [-0.4, -0.2) is 40.3 Å². The molecule has 0 spiro atoms. The van der Waals surface area contributed by atoms with Crippen molar-refractivity contribution in [1.29, 1.82) is 0 Å². The summed E-state index contributed by atoms with van der Waals surface area (Å²) in [4.78, 5) is 54.3. The summed E-state index contributed by atoms with van der Waals surface area (Å²) < 4.78 is 32.1. The van der Waals surface area contributed by atoms with Crippen LogP contribution in [0.1, 0.15) is 6.92 Å². The first kappa shape index (κ1) is 16.1. The van der Waals surface area contributed by atoms with Gasteiger partial charge < -0.3 is 29.4 Å². The Morgan fingerprint density at radius 2 is 1.25 bits per heavy atom. The molecule has 13 heteroatoms. The van der Waals surface area contributed by atoms with Crippen LogP contribution in [-0.2, 0) is 13.7 Å². The van der Waals surface area contributed by atoms with Crippen molar-refractivity contribution in [2.75, 3.05) is 0 Å². The summed E-state index contributed by atoms with van der Waals surface area (Å²) in [6.45, 7) is 0.403. The van der Waals surface area contributed by atoms with E-state index in [-0.39, 0.29) is 5.96 Å². The van der Waals surface area contributed by atoms with E-state index in [0.29, 0.717) is 6.92 Å². The molecule has 0 aromatic carbocycles. The molecule has 0 aromatic rings. The van der Waals surface area contributed by atoms with Crippen LogP contribution in [0.25, 0.3) is 0 Å². The van der Waals surface area contributed by atoms with Crippen molar-refractivity contribution in [3.8, 4) is 0 Å². The van der Waals surface area contributed by atoms with Gasteiger partial charge >= 0.3 is 22.8 Å². The molecule has 0 unspecified atom stereocenters. The fourth-order valence-corrected chi connectivity index (χ4v) is 2.84. The maximum atomic E-state index is 10.9. The van der Waals surface area contributed by atoms with Gasteiger partial charge in [-0.05, 0) is 6.92 Å². The Morgan fingerprint density at radius 1 is 0.938 bits per heavy atom. The highest BCUT2D eigenvalue weighted by Crippen LogP contribution is 2.69. The number of nitrogens with zero attached hydrogens (tertiary/aromatic N) is 1. The van der Waals surface area contributed by atoms with Crippen molar-refractivity contribution in [2.24, 2.45) is 4.99 Å². The van der Waals surface area contributed by atoms with Crippen molar-refractivity contribution in [2.45, 2.75) is 11.9 Å². The van der Waals surface area contributed by atoms with E-state index in [1.807, 2.05) is 0 Å². The van der Waals surface area contributed by atoms with Crippen LogP contribution in [0.15, 0.2) is 4.99 Å². The zero-order valence-electron chi connectivity index (χ0n) is 7.77. The molecule has 6 N–H and O–H groups in total. The lowest BCUT2D eigenvalue weighted by atomic mass is 10.8. The van der Waals surface area contributed by atoms with Gasteiger partial charge in [0.15, 0.2) is 0 Å². The smallest absolute Gasteiger partial charge is 0.322 e. The molecule has 0 saturated heterocycles. The lowest BCUT2D eigenvalue weighted by Crippen LogP contribution is -2.22. The Morgan fingerprint density at radius 3 is 1.44 bits per heavy atom. The largest absolute Gasteiger partial charge is 0.366 e. The van der Waals surface area contributed by atoms with Crippen molar-refractivity contribution in [3.63, 3.8) is 0 Å². The van der Waals surface area contributed by atoms with Gasteiger partial charge in [0.1, 0.15) is 5.96 Å². The maximum absolute atomic E-state index is 10.9. The van der Waals surface area contributed by atoms with Gasteiger partial charge in [0.25, 0.3) is 5.02 Å². The number of rotatable bonds is 4. The van der Waals surface area contributed by atoms with Gasteiger partial charge in [0, 0.05) is 0 Å². The third-order valence-electron chi connectivity index (χ3n) is 1.56. The van der Waals surface area contributed by atoms with E-state index in [4.69, 9.17) is 29.4 Å². The van der Waals surface area contributed by atoms with E-state index in [1.54, 1.807) is 0 Å². The molecule has 0 rings (SSSR count). The van der Waals surface area contributed by atoms with Crippen LogP contribution >= 0.6 is 22.8 Å². The van der Waals surface area contributed by atoms with E-state index >= 15 is 0 Å². The Bertz CT molecular complexity index is 401. The molecule has 0 heterocycles. The van der Waals surface area contributed by atoms with Gasteiger partial charge in [-0.15, -0.1) is 0 Å². The van der Waals surface area contributed by atoms with Gasteiger partial charge in [-0.1, -0.05) is 0 Å². The maximum Gasteiger partial charge on any atom is 0.366 e. The average Bonchev–Trinajstić information content (AvgIpc) is 1.93. The summed E-state index contributed by atoms with van der Waals surface area (Å²) in [5.41, 5.74) is 0. The Hall–Kier alpha value is 0.120. The quantitative estimate of drug-likeness (QED) is 0.286. The molecule has 0 aromatic heterocycles. The van der Waals surface area contributed by atoms with Crippen LogP contribution in [0.4, 0.5) is 0 Å². The molecule has 0 bridgehead atoms. The van der Waals surface area contributed by atoms with Gasteiger partial charge in [-0.2, -0.15) is 0 Å². The molecular formula is C3H10NO9P3. The molecule has 10 nitrogen and oxygen atoms in total. The second-order valence-electron chi connectivity index (χ2n) is 2.89. The molecule has 0 saturated carbocycles. The van der Waals surface area contributed by atoms with Crippen molar-refractivity contribution >= 4 is 28.7 Å². The molecule has 0 aliphatic rings. The summed E-state index contributed by atoms with van der Waals surface area (Å²) in [5.74, 6) is -0.203. The van der Waals surface area contributed by atoms with E-state index < -0.39 is 27.8 Å². The first-order valence-electron chi connectivity index (χ1n) is 3.43. The first-order valence-corrected chi connectivity index (χ1v) is 8.34. The predicted octanol–water partition coefficient (Wildman–Crippen LogP) is -0.779. The van der Waals surface area contributed by atoms with E-state index in [9.17, 15) is 13.7 Å². The Labute approximate surface area is 89.5 Å². The molecular weight excluding hydrogens is 287 g/mol. The monoisotopic (exact) mass is 297 g/mol. The minimum Gasteiger partial charge on any atom is -0.322 e. The lowest BCUT2D eigenvalue weighted by Gasteiger charge is -2.26. The van der Waals surface area contributed by atoms with Gasteiger partial charge in [0.2, 0.25) is 0 Å². The molecule has 0 fully saturated rings. The number of aliphatic imine (C=N–C) groups is 1. The number of hydrogen-bond acceptors (Lipinski definition) is 4. The van der Waals surface area contributed by atoms with E-state index in [1.165, 1.54) is 0 Å². The minimum atomic E-state index is -5.40. The van der Waals surface area contributed by atoms with Crippen LogP contribution in [0.5, 0.6) is 0 Å². The predicted molar refractivity (Wildman–Crippen MR) is 53.0 cm³/mol. The highest BCUT2D eigenvalue weighted by Gasteiger charge is 2.56. The summed E-state index contributed by atoms with van der Waals surface area (Å²) >= 11 is 0. The second-order valence-corrected chi connectivity index (χ2v) is 8.57. The molecule has 96 valence electrons. The van der Waals surface area contributed by atoms with Crippen LogP contribution in [0.2, 0.25) is 0 Å². The topological polar surface area (TPSA) is 185 Å². The lowest BCUT2D eigenvalue weighted by molar-refractivity contribution is 0.316. The zero-order valence-corrected chi connectivity index (χ0v) is 10.5. The van der Waals surface area contributed by atoms with Crippen molar-refractivity contribution in [1.82, 2.24) is 0 Å². The van der Waals surface area contributed by atoms with Crippen LogP contribution < -0.4 is 0 Å². The summed E-state index contributed by atoms with van der Waals surface area (Å²) in [6.07, 6.45) is 0. The van der Waals surface area contributed by atoms with E-state index in [2.05, 4.69) is 4.99 Å². The molecule has 0 atom stereocenters. The summed E-state index contributed by atoms with van der Waals surface area (Å²) in [6, 6.07) is 0. The van der Waals surface area contributed by atoms with Gasteiger partial charge in [-0.3, -0.25) is 18.7 Å². The Balaban J connectivity index is 5.67. The third-order valence-corrected chi connectivity index (χ3v) is 5.97. The highest BCUT2D eigenvalue weighted by atomic mass is 31.2. The van der Waals surface area contributed by atoms with Crippen molar-refractivity contribution < 1.29 is 43.1 Å². The second kappa shape index (κ2) is 4.42. The van der Waals surface area contributed by atoms with Gasteiger partial charge in [0.05, 0.1) is 0 Å². The first-order chi connectivity index (χ1) is 6.71. The third kappa shape index (κ3) is 3.85. The SMILES string of the molecule is CC(N=CP(=O)(O)O)(P(=O)(O)O)P(=O)(O)O. The van der Waals surface area contributed by atoms with Gasteiger partial charge in [-0.25, -0.2) is 0 Å². The number of hydrogen-bond donors (Lipinski definition) is 6. The van der Waals surface area contributed by atoms with Crippen LogP contribution in [0, 0.1) is 0 Å². The normalized spacial score (nSPS) is 15.7. The highest BCUT2D eigenvalue weighted by molar-refractivity contribution is 7.72. The fraction of sp³-hybridized carbons (Fsp3) is 0.667. The average molecular weight is 297 g/mol. The van der Waals surface area contributed by atoms with E-state index in [0.717, 1.165) is 0 Å². The molecule has 0 radical (unpaired) electrons. The Kier molecular flexibility index (Phi) is 4.45. The molecule has 0 amide bonds. The standard InChI is InChI=1S/C3H10NO9P3/c1-3(15(8,9)10,16(11,12)13)4-2-14(5,6)7/h2H,1H3,(H2,5,6,7)(H2,8,9,10)(H2,11,12,13). The molecule has 0 aliphatic carbocycles. The molecule has 16 heavy (non-hydrogen) atoms.